The van der Waals surface area contributed by atoms with Crippen LogP contribution in [0, 0.1) is 18.7 Å². The zero-order chi connectivity index (χ0) is 20.4. The van der Waals surface area contributed by atoms with Gasteiger partial charge in [0.15, 0.2) is 0 Å². The molecule has 0 aliphatic rings. The third-order valence-corrected chi connectivity index (χ3v) is 5.84. The average Bonchev–Trinajstić information content (AvgIpc) is 2.69. The van der Waals surface area contributed by atoms with Crippen LogP contribution < -0.4 is 0 Å². The lowest BCUT2D eigenvalue weighted by Gasteiger charge is -2.15. The molecular formula is C27H37F. The first-order valence-corrected chi connectivity index (χ1v) is 11.1. The zero-order valence-electron chi connectivity index (χ0n) is 18.1. The molecule has 2 rings (SSSR count). The Bertz CT molecular complexity index is 726. The highest BCUT2D eigenvalue weighted by Gasteiger charge is 2.08. The number of allylic oxidation sites excluding steroid dienone is 1. The van der Waals surface area contributed by atoms with Gasteiger partial charge in [0.25, 0.3) is 0 Å². The number of hydrogen-bond donors (Lipinski definition) is 0. The molecule has 0 radical (unpaired) electrons. The molecule has 0 spiro atoms. The Morgan fingerprint density at radius 2 is 1.71 bits per heavy atom. The highest BCUT2D eigenvalue weighted by molar-refractivity contribution is 5.64. The van der Waals surface area contributed by atoms with Crippen molar-refractivity contribution in [1.29, 1.82) is 0 Å². The van der Waals surface area contributed by atoms with Crippen molar-refractivity contribution in [3.63, 3.8) is 0 Å². The number of benzene rings is 2. The molecule has 0 aromatic heterocycles. The Morgan fingerprint density at radius 1 is 0.964 bits per heavy atom. The van der Waals surface area contributed by atoms with Crippen molar-refractivity contribution < 1.29 is 4.39 Å². The lowest BCUT2D eigenvalue weighted by Crippen LogP contribution is -2.00. The molecule has 0 nitrogen and oxygen atoms in total. The molecular weight excluding hydrogens is 343 g/mol. The van der Waals surface area contributed by atoms with Crippen LogP contribution in [-0.2, 0) is 6.42 Å². The minimum absolute atomic E-state index is 0.123. The summed E-state index contributed by atoms with van der Waals surface area (Å²) in [7, 11) is 0. The fourth-order valence-corrected chi connectivity index (χ4v) is 3.80. The Balaban J connectivity index is 1.79. The molecule has 1 atom stereocenters. The molecule has 0 fully saturated rings. The van der Waals surface area contributed by atoms with Crippen LogP contribution in [0.3, 0.4) is 0 Å². The van der Waals surface area contributed by atoms with E-state index >= 15 is 0 Å². The summed E-state index contributed by atoms with van der Waals surface area (Å²) in [6, 6.07) is 13.7. The Hall–Kier alpha value is -1.89. The number of aryl methyl sites for hydroxylation is 2. The van der Waals surface area contributed by atoms with E-state index in [9.17, 15) is 4.39 Å². The fraction of sp³-hybridized carbons (Fsp3) is 0.481. The highest BCUT2D eigenvalue weighted by Crippen LogP contribution is 2.26. The third kappa shape index (κ3) is 7.26. The summed E-state index contributed by atoms with van der Waals surface area (Å²) >= 11 is 0. The van der Waals surface area contributed by atoms with Gasteiger partial charge in [-0.15, -0.1) is 0 Å². The highest BCUT2D eigenvalue weighted by atomic mass is 19.1. The summed E-state index contributed by atoms with van der Waals surface area (Å²) in [5, 5.41) is 0. The van der Waals surface area contributed by atoms with Crippen LogP contribution in [0.25, 0.3) is 11.1 Å². The van der Waals surface area contributed by atoms with Crippen molar-refractivity contribution in [1.82, 2.24) is 0 Å². The minimum Gasteiger partial charge on any atom is -0.206 e. The van der Waals surface area contributed by atoms with Crippen molar-refractivity contribution in [2.75, 3.05) is 0 Å². The minimum atomic E-state index is -0.123. The lowest BCUT2D eigenvalue weighted by atomic mass is 9.91. The van der Waals surface area contributed by atoms with Gasteiger partial charge in [-0.3, -0.25) is 0 Å². The number of rotatable bonds is 12. The lowest BCUT2D eigenvalue weighted by molar-refractivity contribution is 0.419. The van der Waals surface area contributed by atoms with E-state index in [2.05, 4.69) is 26.5 Å². The van der Waals surface area contributed by atoms with Crippen molar-refractivity contribution in [3.8, 4) is 11.1 Å². The van der Waals surface area contributed by atoms with Gasteiger partial charge in [-0.2, -0.15) is 0 Å². The van der Waals surface area contributed by atoms with Crippen LogP contribution in [0.2, 0.25) is 0 Å². The second-order valence-corrected chi connectivity index (χ2v) is 8.24. The molecule has 0 aliphatic carbocycles. The predicted octanol–water partition coefficient (Wildman–Crippen LogP) is 8.68. The van der Waals surface area contributed by atoms with Crippen molar-refractivity contribution in [2.24, 2.45) is 5.92 Å². The monoisotopic (exact) mass is 380 g/mol. The first kappa shape index (κ1) is 22.4. The third-order valence-electron chi connectivity index (χ3n) is 5.84. The van der Waals surface area contributed by atoms with Gasteiger partial charge in [0.1, 0.15) is 5.82 Å². The Labute approximate surface area is 171 Å². The molecule has 0 aliphatic heterocycles. The van der Waals surface area contributed by atoms with Gasteiger partial charge in [-0.05, 0) is 62.1 Å². The normalized spacial score (nSPS) is 12.1. The first-order chi connectivity index (χ1) is 13.5. The summed E-state index contributed by atoms with van der Waals surface area (Å²) in [5.74, 6) is 0.724. The standard InChI is InChI=1S/C27H37F/c1-5-7-10-23(6-2)15-12-21(3)9-8-11-24-16-19-26(27(28)20-24)25-17-13-22(4)14-18-25/h13-14,16-20,23H,3,5-12,15H2,1-2,4H3. The topological polar surface area (TPSA) is 0 Å². The van der Waals surface area contributed by atoms with Gasteiger partial charge >= 0.3 is 0 Å². The summed E-state index contributed by atoms with van der Waals surface area (Å²) in [6.07, 6.45) is 10.7. The summed E-state index contributed by atoms with van der Waals surface area (Å²) in [4.78, 5) is 0. The maximum absolute atomic E-state index is 14.6. The molecule has 0 saturated heterocycles. The number of unbranched alkanes of at least 4 members (excludes halogenated alkanes) is 1. The van der Waals surface area contributed by atoms with Gasteiger partial charge in [-0.25, -0.2) is 4.39 Å². The fourth-order valence-electron chi connectivity index (χ4n) is 3.80. The second-order valence-electron chi connectivity index (χ2n) is 8.24. The maximum Gasteiger partial charge on any atom is 0.131 e. The summed E-state index contributed by atoms with van der Waals surface area (Å²) in [5.41, 5.74) is 5.25. The zero-order valence-corrected chi connectivity index (χ0v) is 18.1. The van der Waals surface area contributed by atoms with Crippen molar-refractivity contribution >= 4 is 0 Å². The molecule has 2 aromatic carbocycles. The van der Waals surface area contributed by atoms with E-state index in [1.807, 2.05) is 37.3 Å². The molecule has 0 saturated carbocycles. The SMILES string of the molecule is C=C(CCCc1ccc(-c2ccc(C)cc2)c(F)c1)CCC(CC)CCCC. The molecule has 1 heteroatoms. The maximum atomic E-state index is 14.6. The molecule has 2 aromatic rings. The molecule has 1 unspecified atom stereocenters. The molecule has 28 heavy (non-hydrogen) atoms. The first-order valence-electron chi connectivity index (χ1n) is 11.1. The largest absolute Gasteiger partial charge is 0.206 e. The molecule has 0 N–H and O–H groups in total. The van der Waals surface area contributed by atoms with Crippen LogP contribution in [0.5, 0.6) is 0 Å². The second kappa shape index (κ2) is 11.8. The van der Waals surface area contributed by atoms with E-state index in [0.717, 1.165) is 42.7 Å². The van der Waals surface area contributed by atoms with E-state index in [-0.39, 0.29) is 5.82 Å². The van der Waals surface area contributed by atoms with E-state index in [4.69, 9.17) is 0 Å². The van der Waals surface area contributed by atoms with Gasteiger partial charge in [0.2, 0.25) is 0 Å². The molecule has 0 amide bonds. The van der Waals surface area contributed by atoms with Crippen LogP contribution in [0.15, 0.2) is 54.6 Å². The van der Waals surface area contributed by atoms with E-state index < -0.39 is 0 Å². The average molecular weight is 381 g/mol. The van der Waals surface area contributed by atoms with Crippen molar-refractivity contribution in [2.45, 2.75) is 78.6 Å². The Morgan fingerprint density at radius 3 is 2.36 bits per heavy atom. The van der Waals surface area contributed by atoms with Crippen LogP contribution in [0.4, 0.5) is 4.39 Å². The number of halogens is 1. The summed E-state index contributed by atoms with van der Waals surface area (Å²) in [6.45, 7) is 10.9. The van der Waals surface area contributed by atoms with Crippen LogP contribution in [0.1, 0.15) is 76.3 Å². The van der Waals surface area contributed by atoms with Gasteiger partial charge in [-0.1, -0.05) is 93.6 Å². The van der Waals surface area contributed by atoms with E-state index in [1.165, 1.54) is 43.2 Å². The van der Waals surface area contributed by atoms with E-state index in [0.29, 0.717) is 5.56 Å². The Kier molecular flexibility index (Phi) is 9.47. The van der Waals surface area contributed by atoms with E-state index in [1.54, 1.807) is 6.07 Å². The van der Waals surface area contributed by atoms with Crippen LogP contribution in [-0.4, -0.2) is 0 Å². The van der Waals surface area contributed by atoms with Gasteiger partial charge in [0.05, 0.1) is 0 Å². The van der Waals surface area contributed by atoms with Gasteiger partial charge in [0, 0.05) is 5.56 Å². The summed E-state index contributed by atoms with van der Waals surface area (Å²) < 4.78 is 14.6. The van der Waals surface area contributed by atoms with Crippen molar-refractivity contribution in [3.05, 3.63) is 71.6 Å². The smallest absolute Gasteiger partial charge is 0.131 e. The predicted molar refractivity (Wildman–Crippen MR) is 121 cm³/mol. The molecule has 0 bridgehead atoms. The number of hydrogen-bond acceptors (Lipinski definition) is 0. The van der Waals surface area contributed by atoms with Crippen LogP contribution >= 0.6 is 0 Å². The molecule has 0 heterocycles. The quantitative estimate of drug-likeness (QED) is 0.323. The van der Waals surface area contributed by atoms with Gasteiger partial charge < -0.3 is 0 Å². The molecule has 152 valence electrons.